The molecule has 0 bridgehead atoms. The van der Waals surface area contributed by atoms with Crippen LogP contribution in [0.15, 0.2) is 41.7 Å². The van der Waals surface area contributed by atoms with Crippen molar-refractivity contribution in [1.29, 1.82) is 10.5 Å². The van der Waals surface area contributed by atoms with Crippen molar-refractivity contribution in [1.82, 2.24) is 14.5 Å². The number of imidazole rings is 1. The number of carbonyl (C=O) groups is 1. The molecule has 8 nitrogen and oxygen atoms in total. The third-order valence-electron chi connectivity index (χ3n) is 5.07. The highest BCUT2D eigenvalue weighted by atomic mass is 16.5. The molecule has 0 radical (unpaired) electrons. The molecule has 2 heterocycles. The van der Waals surface area contributed by atoms with Gasteiger partial charge in [-0.15, -0.1) is 0 Å². The number of allylic oxidation sites excluding steroid dienone is 1. The van der Waals surface area contributed by atoms with E-state index in [0.717, 1.165) is 29.9 Å². The lowest BCUT2D eigenvalue weighted by molar-refractivity contribution is -0.138. The standard InChI is InChI=1S/C24H23N5O3/c1-4-9-29-15(2)10-17(16(29)3)11-18(12-25)24(31)32-14-22(30)19(13-26)23-27-20-7-5-6-8-21(20)28-23/h5-8,10-11,30H,4,9,14H2,1-3H3,(H,27,28)/b18-11?,22-19-. The maximum Gasteiger partial charge on any atom is 0.349 e. The van der Waals surface area contributed by atoms with Crippen molar-refractivity contribution in [2.24, 2.45) is 0 Å². The summed E-state index contributed by atoms with van der Waals surface area (Å²) in [6.07, 6.45) is 2.44. The van der Waals surface area contributed by atoms with Crippen molar-refractivity contribution < 1.29 is 14.6 Å². The maximum atomic E-state index is 12.4. The lowest BCUT2D eigenvalue weighted by Crippen LogP contribution is -2.10. The first-order chi connectivity index (χ1) is 15.4. The van der Waals surface area contributed by atoms with Gasteiger partial charge in [-0.3, -0.25) is 0 Å². The monoisotopic (exact) mass is 429 g/mol. The number of rotatable bonds is 7. The fourth-order valence-corrected chi connectivity index (χ4v) is 3.44. The Morgan fingerprint density at radius 1 is 1.28 bits per heavy atom. The molecule has 0 amide bonds. The number of hydrogen-bond donors (Lipinski definition) is 2. The SMILES string of the molecule is CCCn1c(C)cc(C=C(C#N)C(=O)OC/C(O)=C(\C#N)c2nc3ccccc3[nH]2)c1C. The number of aromatic amines is 1. The highest BCUT2D eigenvalue weighted by Crippen LogP contribution is 2.21. The van der Waals surface area contributed by atoms with Crippen molar-refractivity contribution in [3.05, 3.63) is 64.4 Å². The van der Waals surface area contributed by atoms with E-state index in [-0.39, 0.29) is 17.0 Å². The van der Waals surface area contributed by atoms with E-state index < -0.39 is 18.3 Å². The number of nitrogens with one attached hydrogen (secondary N) is 1. The average molecular weight is 429 g/mol. The van der Waals surface area contributed by atoms with Gasteiger partial charge in [-0.1, -0.05) is 19.1 Å². The summed E-state index contributed by atoms with van der Waals surface area (Å²) in [5, 5.41) is 29.2. The normalized spacial score (nSPS) is 12.2. The van der Waals surface area contributed by atoms with Gasteiger partial charge in [-0.05, 0) is 50.1 Å². The second-order valence-electron chi connectivity index (χ2n) is 7.26. The Morgan fingerprint density at radius 2 is 2.03 bits per heavy atom. The van der Waals surface area contributed by atoms with Gasteiger partial charge in [-0.2, -0.15) is 10.5 Å². The van der Waals surface area contributed by atoms with Crippen LogP contribution in [0.25, 0.3) is 22.7 Å². The molecule has 0 spiro atoms. The van der Waals surface area contributed by atoms with Gasteiger partial charge >= 0.3 is 5.97 Å². The number of nitrogens with zero attached hydrogens (tertiary/aromatic N) is 4. The molecule has 32 heavy (non-hydrogen) atoms. The molecule has 0 atom stereocenters. The Bertz CT molecular complexity index is 1280. The number of H-pyrrole nitrogens is 1. The Labute approximate surface area is 185 Å². The van der Waals surface area contributed by atoms with Gasteiger partial charge in [0.1, 0.15) is 29.9 Å². The first kappa shape index (κ1) is 22.4. The molecular weight excluding hydrogens is 406 g/mol. The van der Waals surface area contributed by atoms with Gasteiger partial charge in [-0.25, -0.2) is 9.78 Å². The highest BCUT2D eigenvalue weighted by molar-refractivity contribution is 5.98. The second-order valence-corrected chi connectivity index (χ2v) is 7.26. The van der Waals surface area contributed by atoms with Crippen molar-refractivity contribution in [3.8, 4) is 12.1 Å². The maximum absolute atomic E-state index is 12.4. The third kappa shape index (κ3) is 4.55. The average Bonchev–Trinajstić information content (AvgIpc) is 3.32. The second kappa shape index (κ2) is 9.67. The molecule has 0 aliphatic rings. The van der Waals surface area contributed by atoms with E-state index in [9.17, 15) is 20.4 Å². The molecule has 0 saturated heterocycles. The number of carbonyl (C=O) groups excluding carboxylic acids is 1. The molecule has 8 heteroatoms. The number of fused-ring (bicyclic) bond motifs is 1. The van der Waals surface area contributed by atoms with E-state index in [0.29, 0.717) is 11.0 Å². The minimum atomic E-state index is -0.888. The lowest BCUT2D eigenvalue weighted by Gasteiger charge is -2.07. The van der Waals surface area contributed by atoms with Crippen LogP contribution in [0.5, 0.6) is 0 Å². The molecule has 0 aliphatic heterocycles. The number of aliphatic hydroxyl groups is 1. The third-order valence-corrected chi connectivity index (χ3v) is 5.07. The van der Waals surface area contributed by atoms with Crippen molar-refractivity contribution in [3.63, 3.8) is 0 Å². The number of para-hydroxylation sites is 2. The summed E-state index contributed by atoms with van der Waals surface area (Å²) in [5.41, 5.74) is 3.74. The molecule has 0 unspecified atom stereocenters. The van der Waals surface area contributed by atoms with Crippen molar-refractivity contribution in [2.75, 3.05) is 6.61 Å². The molecule has 3 rings (SSSR count). The number of hydrogen-bond acceptors (Lipinski definition) is 6. The molecule has 0 fully saturated rings. The van der Waals surface area contributed by atoms with Crippen molar-refractivity contribution in [2.45, 2.75) is 33.7 Å². The van der Waals surface area contributed by atoms with Gasteiger partial charge in [0.15, 0.2) is 11.6 Å². The van der Waals surface area contributed by atoms with Crippen LogP contribution in [-0.2, 0) is 16.1 Å². The van der Waals surface area contributed by atoms with Crippen LogP contribution >= 0.6 is 0 Å². The van der Waals surface area contributed by atoms with Gasteiger partial charge < -0.3 is 19.4 Å². The Balaban J connectivity index is 1.79. The van der Waals surface area contributed by atoms with Crippen LogP contribution < -0.4 is 0 Å². The predicted octanol–water partition coefficient (Wildman–Crippen LogP) is 4.33. The van der Waals surface area contributed by atoms with E-state index in [1.165, 1.54) is 6.08 Å². The zero-order valence-corrected chi connectivity index (χ0v) is 18.1. The minimum Gasteiger partial charge on any atom is -0.507 e. The fraction of sp³-hybridized carbons (Fsp3) is 0.250. The van der Waals surface area contributed by atoms with E-state index in [4.69, 9.17) is 4.74 Å². The molecule has 162 valence electrons. The summed E-state index contributed by atoms with van der Waals surface area (Å²) in [7, 11) is 0. The van der Waals surface area contributed by atoms with Crippen LogP contribution in [0.3, 0.4) is 0 Å². The number of aryl methyl sites for hydroxylation is 1. The number of ether oxygens (including phenoxy) is 1. The zero-order chi connectivity index (χ0) is 23.3. The number of nitriles is 2. The smallest absolute Gasteiger partial charge is 0.349 e. The lowest BCUT2D eigenvalue weighted by atomic mass is 10.1. The molecule has 0 aliphatic carbocycles. The summed E-state index contributed by atoms with van der Waals surface area (Å²) in [5.74, 6) is -1.18. The molecule has 0 saturated carbocycles. The largest absolute Gasteiger partial charge is 0.507 e. The number of benzene rings is 1. The van der Waals surface area contributed by atoms with E-state index >= 15 is 0 Å². The van der Waals surface area contributed by atoms with E-state index in [1.807, 2.05) is 38.1 Å². The van der Waals surface area contributed by atoms with Crippen LogP contribution in [0, 0.1) is 36.5 Å². The Kier molecular flexibility index (Phi) is 6.77. The predicted molar refractivity (Wildman–Crippen MR) is 120 cm³/mol. The summed E-state index contributed by atoms with van der Waals surface area (Å²) in [6, 6.07) is 12.8. The Morgan fingerprint density at radius 3 is 2.69 bits per heavy atom. The summed E-state index contributed by atoms with van der Waals surface area (Å²) in [4.78, 5) is 19.7. The fourth-order valence-electron chi connectivity index (χ4n) is 3.44. The van der Waals surface area contributed by atoms with Crippen LogP contribution in [0.4, 0.5) is 0 Å². The number of aromatic nitrogens is 3. The zero-order valence-electron chi connectivity index (χ0n) is 18.1. The summed E-state index contributed by atoms with van der Waals surface area (Å²) >= 11 is 0. The Hall–Kier alpha value is -4.30. The van der Waals surface area contributed by atoms with Gasteiger partial charge in [0, 0.05) is 17.9 Å². The van der Waals surface area contributed by atoms with Gasteiger partial charge in [0.25, 0.3) is 0 Å². The summed E-state index contributed by atoms with van der Waals surface area (Å²) in [6.45, 7) is 6.25. The molecule has 2 aromatic heterocycles. The molecule has 3 aromatic rings. The van der Waals surface area contributed by atoms with E-state index in [1.54, 1.807) is 18.2 Å². The summed E-state index contributed by atoms with van der Waals surface area (Å²) < 4.78 is 7.21. The number of aliphatic hydroxyl groups excluding tert-OH is 1. The quantitative estimate of drug-likeness (QED) is 0.249. The first-order valence-corrected chi connectivity index (χ1v) is 10.1. The van der Waals surface area contributed by atoms with Crippen molar-refractivity contribution >= 4 is 28.7 Å². The van der Waals surface area contributed by atoms with Crippen LogP contribution in [0.1, 0.15) is 36.1 Å². The minimum absolute atomic E-state index is 0.139. The molecule has 1 aromatic carbocycles. The highest BCUT2D eigenvalue weighted by Gasteiger charge is 2.18. The van der Waals surface area contributed by atoms with E-state index in [2.05, 4.69) is 21.5 Å². The first-order valence-electron chi connectivity index (χ1n) is 10.1. The van der Waals surface area contributed by atoms with Crippen LogP contribution in [0.2, 0.25) is 0 Å². The van der Waals surface area contributed by atoms with Gasteiger partial charge in [0.2, 0.25) is 0 Å². The molecule has 2 N–H and O–H groups in total. The van der Waals surface area contributed by atoms with Gasteiger partial charge in [0.05, 0.1) is 11.0 Å². The topological polar surface area (TPSA) is 128 Å². The molecular formula is C24H23N5O3. The van der Waals surface area contributed by atoms with Crippen LogP contribution in [-0.4, -0.2) is 32.2 Å². The number of esters is 1.